The van der Waals surface area contributed by atoms with E-state index >= 15 is 0 Å². The van der Waals surface area contributed by atoms with Crippen LogP contribution >= 0.6 is 0 Å². The van der Waals surface area contributed by atoms with Crippen LogP contribution in [0.3, 0.4) is 0 Å². The molecule has 0 radical (unpaired) electrons. The molecule has 2 N–H and O–H groups in total. The zero-order valence-electron chi connectivity index (χ0n) is 6.60. The van der Waals surface area contributed by atoms with Gasteiger partial charge in [-0.15, -0.1) is 0 Å². The summed E-state index contributed by atoms with van der Waals surface area (Å²) in [6, 6.07) is 6.93. The SMILES string of the molecule is NS(=O)(=O)c1occ2ccccc12. The maximum atomic E-state index is 11.0. The highest BCUT2D eigenvalue weighted by Gasteiger charge is 2.16. The van der Waals surface area contributed by atoms with E-state index in [0.29, 0.717) is 5.39 Å². The van der Waals surface area contributed by atoms with Crippen molar-refractivity contribution in [1.82, 2.24) is 0 Å². The summed E-state index contributed by atoms with van der Waals surface area (Å²) in [5.41, 5.74) is 0. The van der Waals surface area contributed by atoms with E-state index in [0.717, 1.165) is 5.39 Å². The Bertz CT molecular complexity index is 541. The number of primary sulfonamides is 1. The van der Waals surface area contributed by atoms with Crippen LogP contribution in [0.5, 0.6) is 0 Å². The molecule has 0 bridgehead atoms. The molecule has 68 valence electrons. The topological polar surface area (TPSA) is 73.3 Å². The van der Waals surface area contributed by atoms with E-state index in [1.54, 1.807) is 24.3 Å². The molecule has 0 atom stereocenters. The van der Waals surface area contributed by atoms with Crippen molar-refractivity contribution in [2.24, 2.45) is 5.14 Å². The minimum absolute atomic E-state index is 0.178. The summed E-state index contributed by atoms with van der Waals surface area (Å²) >= 11 is 0. The summed E-state index contributed by atoms with van der Waals surface area (Å²) in [5, 5.41) is 6.01. The molecule has 0 aliphatic carbocycles. The summed E-state index contributed by atoms with van der Waals surface area (Å²) < 4.78 is 26.9. The van der Waals surface area contributed by atoms with Crippen molar-refractivity contribution in [3.63, 3.8) is 0 Å². The Morgan fingerprint density at radius 1 is 1.23 bits per heavy atom. The molecule has 2 aromatic rings. The van der Waals surface area contributed by atoms with E-state index < -0.39 is 10.0 Å². The van der Waals surface area contributed by atoms with Gasteiger partial charge in [0.15, 0.2) is 0 Å². The van der Waals surface area contributed by atoms with Crippen molar-refractivity contribution in [2.75, 3.05) is 0 Å². The highest BCUT2D eigenvalue weighted by atomic mass is 32.2. The van der Waals surface area contributed by atoms with Gasteiger partial charge in [0.25, 0.3) is 10.0 Å². The van der Waals surface area contributed by atoms with Gasteiger partial charge < -0.3 is 4.42 Å². The van der Waals surface area contributed by atoms with E-state index in [1.807, 2.05) is 0 Å². The first-order valence-electron chi connectivity index (χ1n) is 3.58. The molecular formula is C8H7NO3S. The molecule has 1 aromatic carbocycles. The fraction of sp³-hybridized carbons (Fsp3) is 0. The Kier molecular flexibility index (Phi) is 1.64. The van der Waals surface area contributed by atoms with Crippen LogP contribution in [-0.4, -0.2) is 8.42 Å². The van der Waals surface area contributed by atoms with Crippen LogP contribution in [0.15, 0.2) is 40.0 Å². The second kappa shape index (κ2) is 2.58. The van der Waals surface area contributed by atoms with Gasteiger partial charge in [-0.05, 0) is 6.07 Å². The largest absolute Gasteiger partial charge is 0.450 e. The molecule has 0 spiro atoms. The standard InChI is InChI=1S/C8H7NO3S/c9-13(10,11)8-7-4-2-1-3-6(7)5-12-8/h1-5H,(H2,9,10,11). The van der Waals surface area contributed by atoms with Gasteiger partial charge in [0.2, 0.25) is 5.09 Å². The van der Waals surface area contributed by atoms with Crippen molar-refractivity contribution >= 4 is 20.8 Å². The lowest BCUT2D eigenvalue weighted by Crippen LogP contribution is -2.11. The van der Waals surface area contributed by atoms with E-state index in [4.69, 9.17) is 9.56 Å². The van der Waals surface area contributed by atoms with E-state index in [2.05, 4.69) is 0 Å². The second-order valence-corrected chi connectivity index (χ2v) is 4.12. The van der Waals surface area contributed by atoms with Crippen LogP contribution in [-0.2, 0) is 10.0 Å². The first-order valence-corrected chi connectivity index (χ1v) is 5.13. The quantitative estimate of drug-likeness (QED) is 0.743. The maximum Gasteiger partial charge on any atom is 0.272 e. The smallest absolute Gasteiger partial charge is 0.272 e. The monoisotopic (exact) mass is 197 g/mol. The Labute approximate surface area is 75.0 Å². The number of hydrogen-bond donors (Lipinski definition) is 1. The van der Waals surface area contributed by atoms with Crippen LogP contribution in [0, 0.1) is 0 Å². The van der Waals surface area contributed by atoms with Crippen molar-refractivity contribution in [2.45, 2.75) is 5.09 Å². The van der Waals surface area contributed by atoms with Gasteiger partial charge in [0.1, 0.15) is 6.26 Å². The molecule has 0 unspecified atom stereocenters. The highest BCUT2D eigenvalue weighted by molar-refractivity contribution is 7.89. The Morgan fingerprint density at radius 2 is 1.92 bits per heavy atom. The third-order valence-corrected chi connectivity index (χ3v) is 2.57. The average Bonchev–Trinajstić information content (AvgIpc) is 2.45. The zero-order chi connectivity index (χ0) is 9.47. The van der Waals surface area contributed by atoms with Crippen molar-refractivity contribution in [3.8, 4) is 0 Å². The van der Waals surface area contributed by atoms with Crippen LogP contribution in [0.4, 0.5) is 0 Å². The molecule has 0 aliphatic rings. The lowest BCUT2D eigenvalue weighted by molar-refractivity contribution is 0.457. The highest BCUT2D eigenvalue weighted by Crippen LogP contribution is 2.23. The Morgan fingerprint density at radius 3 is 2.62 bits per heavy atom. The van der Waals surface area contributed by atoms with Gasteiger partial charge in [0.05, 0.1) is 0 Å². The number of hydrogen-bond acceptors (Lipinski definition) is 3. The molecule has 0 saturated heterocycles. The molecule has 2 rings (SSSR count). The molecule has 5 heteroatoms. The molecule has 0 saturated carbocycles. The zero-order valence-corrected chi connectivity index (χ0v) is 7.41. The molecule has 1 heterocycles. The fourth-order valence-corrected chi connectivity index (χ4v) is 1.86. The van der Waals surface area contributed by atoms with Gasteiger partial charge >= 0.3 is 0 Å². The van der Waals surface area contributed by atoms with E-state index in [9.17, 15) is 8.42 Å². The average molecular weight is 197 g/mol. The van der Waals surface area contributed by atoms with Crippen molar-refractivity contribution < 1.29 is 12.8 Å². The van der Waals surface area contributed by atoms with Crippen molar-refractivity contribution in [1.29, 1.82) is 0 Å². The van der Waals surface area contributed by atoms with Crippen LogP contribution < -0.4 is 5.14 Å². The summed E-state index contributed by atoms with van der Waals surface area (Å²) in [6.45, 7) is 0. The molecule has 1 aromatic heterocycles. The lowest BCUT2D eigenvalue weighted by Gasteiger charge is -1.91. The van der Waals surface area contributed by atoms with E-state index in [-0.39, 0.29) is 5.09 Å². The summed E-state index contributed by atoms with van der Waals surface area (Å²) in [7, 11) is -3.75. The van der Waals surface area contributed by atoms with Crippen LogP contribution in [0.25, 0.3) is 10.8 Å². The summed E-state index contributed by atoms with van der Waals surface area (Å²) in [6.07, 6.45) is 1.37. The van der Waals surface area contributed by atoms with Gasteiger partial charge in [-0.1, -0.05) is 18.2 Å². The minimum Gasteiger partial charge on any atom is -0.450 e. The minimum atomic E-state index is -3.75. The van der Waals surface area contributed by atoms with Crippen molar-refractivity contribution in [3.05, 3.63) is 30.5 Å². The number of furan rings is 1. The number of fused-ring (bicyclic) bond motifs is 1. The number of sulfonamides is 1. The molecule has 0 aliphatic heterocycles. The number of benzene rings is 1. The normalized spacial score (nSPS) is 12.1. The molecule has 0 amide bonds. The third-order valence-electron chi connectivity index (χ3n) is 1.73. The predicted octanol–water partition coefficient (Wildman–Crippen LogP) is 1.08. The Balaban J connectivity index is 2.87. The van der Waals surface area contributed by atoms with Crippen LogP contribution in [0.2, 0.25) is 0 Å². The van der Waals surface area contributed by atoms with Gasteiger partial charge in [-0.25, -0.2) is 13.6 Å². The lowest BCUT2D eigenvalue weighted by atomic mass is 10.2. The van der Waals surface area contributed by atoms with Crippen LogP contribution in [0.1, 0.15) is 0 Å². The predicted molar refractivity (Wildman–Crippen MR) is 47.6 cm³/mol. The van der Waals surface area contributed by atoms with Gasteiger partial charge in [-0.3, -0.25) is 0 Å². The number of rotatable bonds is 1. The van der Waals surface area contributed by atoms with Gasteiger partial charge in [-0.2, -0.15) is 0 Å². The summed E-state index contributed by atoms with van der Waals surface area (Å²) in [5.74, 6) is 0. The molecule has 4 nitrogen and oxygen atoms in total. The van der Waals surface area contributed by atoms with Gasteiger partial charge in [0, 0.05) is 10.8 Å². The second-order valence-electron chi connectivity index (χ2n) is 2.66. The first-order chi connectivity index (χ1) is 6.09. The number of nitrogens with two attached hydrogens (primary N) is 1. The Hall–Kier alpha value is -1.33. The van der Waals surface area contributed by atoms with E-state index in [1.165, 1.54) is 6.26 Å². The summed E-state index contributed by atoms with van der Waals surface area (Å²) in [4.78, 5) is 0. The molecule has 0 fully saturated rings. The maximum absolute atomic E-state index is 11.0. The molecule has 13 heavy (non-hydrogen) atoms. The molecular weight excluding hydrogens is 190 g/mol. The third kappa shape index (κ3) is 1.32. The first kappa shape index (κ1) is 8.28. The fourth-order valence-electron chi connectivity index (χ4n) is 1.19.